The van der Waals surface area contributed by atoms with Crippen molar-refractivity contribution >= 4 is 44.5 Å². The highest BCUT2D eigenvalue weighted by Crippen LogP contribution is 2.70. The minimum absolute atomic E-state index is 0.419. The molecule has 1 nitrogen and oxygen atoms in total. The molecule has 0 fully saturated rings. The summed E-state index contributed by atoms with van der Waals surface area (Å²) in [5.74, 6) is 0. The second-order valence-corrected chi connectivity index (χ2v) is 15.5. The van der Waals surface area contributed by atoms with Crippen LogP contribution in [0.25, 0.3) is 49.1 Å². The van der Waals surface area contributed by atoms with E-state index >= 15 is 0 Å². The SMILES string of the molecule is c1ccc2c(c1)-c1ccccc1C21c2cc(-n3c4ccccc4c4ccccc43)sc2C2(c3ccccc3-c3ccccc32)c2ccsc21. The number of para-hydroxylation sites is 2. The maximum atomic E-state index is 2.58. The molecule has 0 radical (unpaired) electrons. The minimum Gasteiger partial charge on any atom is -0.301 e. The van der Waals surface area contributed by atoms with Gasteiger partial charge in [0.05, 0.1) is 21.9 Å². The zero-order chi connectivity index (χ0) is 31.9. The highest BCUT2D eigenvalue weighted by Gasteiger charge is 2.60. The summed E-state index contributed by atoms with van der Waals surface area (Å²) in [6, 6.07) is 59.5. The summed E-state index contributed by atoms with van der Waals surface area (Å²) in [4.78, 5) is 2.87. The van der Waals surface area contributed by atoms with Crippen LogP contribution in [-0.2, 0) is 10.8 Å². The van der Waals surface area contributed by atoms with Gasteiger partial charge in [-0.15, -0.1) is 22.7 Å². The van der Waals surface area contributed by atoms with Gasteiger partial charge < -0.3 is 4.57 Å². The molecular weight excluding hydrogens is 631 g/mol. The van der Waals surface area contributed by atoms with E-state index in [1.165, 1.54) is 92.2 Å². The molecule has 0 aliphatic heterocycles. The molecule has 3 aliphatic carbocycles. The van der Waals surface area contributed by atoms with Gasteiger partial charge in [0, 0.05) is 20.5 Å². The van der Waals surface area contributed by atoms with Crippen LogP contribution >= 0.6 is 22.7 Å². The molecule has 0 N–H and O–H groups in total. The number of aromatic nitrogens is 1. The Morgan fingerprint density at radius 1 is 0.388 bits per heavy atom. The van der Waals surface area contributed by atoms with E-state index in [1.54, 1.807) is 0 Å². The first-order chi connectivity index (χ1) is 24.3. The fraction of sp³-hybridized carbons (Fsp3) is 0.0435. The number of thiophene rings is 2. The first-order valence-corrected chi connectivity index (χ1v) is 18.6. The molecule has 0 atom stereocenters. The number of fused-ring (bicyclic) bond motifs is 19. The number of nitrogens with zero attached hydrogens (tertiary/aromatic N) is 1. The van der Waals surface area contributed by atoms with E-state index in [-0.39, 0.29) is 0 Å². The van der Waals surface area contributed by atoms with Crippen molar-refractivity contribution in [3.63, 3.8) is 0 Å². The lowest BCUT2D eigenvalue weighted by Gasteiger charge is -2.45. The summed E-state index contributed by atoms with van der Waals surface area (Å²) in [6.45, 7) is 0. The normalized spacial score (nSPS) is 15.3. The quantitative estimate of drug-likeness (QED) is 0.166. The molecule has 3 aromatic heterocycles. The van der Waals surface area contributed by atoms with Gasteiger partial charge in [0.15, 0.2) is 0 Å². The summed E-state index contributed by atoms with van der Waals surface area (Å²) < 4.78 is 2.53. The van der Waals surface area contributed by atoms with Crippen molar-refractivity contribution in [3.05, 3.63) is 206 Å². The molecule has 3 aliphatic rings. The maximum absolute atomic E-state index is 2.58. The fourth-order valence-corrected chi connectivity index (χ4v) is 12.6. The second-order valence-electron chi connectivity index (χ2n) is 13.5. The van der Waals surface area contributed by atoms with E-state index < -0.39 is 10.8 Å². The monoisotopic (exact) mass is 657 g/mol. The van der Waals surface area contributed by atoms with Gasteiger partial charge in [-0.25, -0.2) is 0 Å². The molecule has 49 heavy (non-hydrogen) atoms. The third-order valence-electron chi connectivity index (χ3n) is 11.6. The van der Waals surface area contributed by atoms with Gasteiger partial charge in [0.25, 0.3) is 0 Å². The molecule has 3 heteroatoms. The van der Waals surface area contributed by atoms with Gasteiger partial charge >= 0.3 is 0 Å². The van der Waals surface area contributed by atoms with Crippen molar-refractivity contribution in [2.45, 2.75) is 10.8 Å². The summed E-state index contributed by atoms with van der Waals surface area (Å²) in [5.41, 5.74) is 15.4. The highest BCUT2D eigenvalue weighted by atomic mass is 32.1. The predicted octanol–water partition coefficient (Wildman–Crippen LogP) is 11.9. The van der Waals surface area contributed by atoms with Crippen LogP contribution in [0.4, 0.5) is 0 Å². The van der Waals surface area contributed by atoms with E-state index in [9.17, 15) is 0 Å². The van der Waals surface area contributed by atoms with E-state index in [0.717, 1.165) is 0 Å². The average Bonchev–Trinajstić information content (AvgIpc) is 3.98. The van der Waals surface area contributed by atoms with Crippen LogP contribution < -0.4 is 0 Å². The van der Waals surface area contributed by atoms with E-state index in [1.807, 2.05) is 22.7 Å². The Morgan fingerprint density at radius 3 is 1.33 bits per heavy atom. The Kier molecular flexibility index (Phi) is 4.94. The van der Waals surface area contributed by atoms with Crippen molar-refractivity contribution in [3.8, 4) is 27.3 Å². The average molecular weight is 658 g/mol. The van der Waals surface area contributed by atoms with E-state index in [2.05, 4.69) is 168 Å². The van der Waals surface area contributed by atoms with E-state index in [0.29, 0.717) is 0 Å². The molecule has 0 bridgehead atoms. The van der Waals surface area contributed by atoms with Crippen molar-refractivity contribution in [2.24, 2.45) is 0 Å². The Bertz CT molecular complexity index is 2580. The van der Waals surface area contributed by atoms with Gasteiger partial charge in [-0.1, -0.05) is 133 Å². The first kappa shape index (κ1) is 26.5. The van der Waals surface area contributed by atoms with Crippen LogP contribution in [0.5, 0.6) is 0 Å². The smallest absolute Gasteiger partial charge is 0.101 e. The maximum Gasteiger partial charge on any atom is 0.101 e. The van der Waals surface area contributed by atoms with Crippen molar-refractivity contribution in [2.75, 3.05) is 0 Å². The molecule has 6 aromatic carbocycles. The lowest BCUT2D eigenvalue weighted by Crippen LogP contribution is -2.41. The van der Waals surface area contributed by atoms with Crippen LogP contribution in [0.1, 0.15) is 43.1 Å². The molecule has 0 saturated carbocycles. The largest absolute Gasteiger partial charge is 0.301 e. The van der Waals surface area contributed by atoms with E-state index in [4.69, 9.17) is 0 Å². The van der Waals surface area contributed by atoms with Crippen molar-refractivity contribution in [1.82, 2.24) is 4.57 Å². The van der Waals surface area contributed by atoms with Gasteiger partial charge in [-0.3, -0.25) is 0 Å². The Labute approximate surface area is 292 Å². The lowest BCUT2D eigenvalue weighted by molar-refractivity contribution is 0.662. The van der Waals surface area contributed by atoms with Crippen LogP contribution in [0.3, 0.4) is 0 Å². The zero-order valence-corrected chi connectivity index (χ0v) is 28.0. The molecule has 2 spiro atoms. The molecule has 228 valence electrons. The predicted molar refractivity (Wildman–Crippen MR) is 205 cm³/mol. The van der Waals surface area contributed by atoms with Gasteiger partial charge in [0.2, 0.25) is 0 Å². The molecule has 0 unspecified atom stereocenters. The minimum atomic E-state index is -0.419. The number of hydrogen-bond acceptors (Lipinski definition) is 2. The Morgan fingerprint density at radius 2 is 0.816 bits per heavy atom. The Hall–Kier alpha value is -5.48. The fourth-order valence-electron chi connectivity index (χ4n) is 9.88. The molecule has 9 aromatic rings. The van der Waals surface area contributed by atoms with Gasteiger partial charge in [0.1, 0.15) is 5.00 Å². The summed E-state index contributed by atoms with van der Waals surface area (Å²) in [6.07, 6.45) is 0. The topological polar surface area (TPSA) is 4.93 Å². The number of hydrogen-bond donors (Lipinski definition) is 0. The Balaban J connectivity index is 1.31. The van der Waals surface area contributed by atoms with Gasteiger partial charge in [-0.2, -0.15) is 0 Å². The van der Waals surface area contributed by atoms with Crippen LogP contribution in [-0.4, -0.2) is 4.57 Å². The highest BCUT2D eigenvalue weighted by molar-refractivity contribution is 7.15. The van der Waals surface area contributed by atoms with Crippen LogP contribution in [0, 0.1) is 0 Å². The first-order valence-electron chi connectivity index (χ1n) is 16.9. The molecule has 0 amide bonds. The summed E-state index contributed by atoms with van der Waals surface area (Å²) >= 11 is 3.92. The van der Waals surface area contributed by atoms with Crippen molar-refractivity contribution < 1.29 is 0 Å². The summed E-state index contributed by atoms with van der Waals surface area (Å²) in [5, 5.41) is 6.20. The third kappa shape index (κ3) is 2.92. The van der Waals surface area contributed by atoms with Crippen molar-refractivity contribution in [1.29, 1.82) is 0 Å². The zero-order valence-electron chi connectivity index (χ0n) is 26.4. The molecule has 12 rings (SSSR count). The van der Waals surface area contributed by atoms with Gasteiger partial charge in [-0.05, 0) is 85.3 Å². The standard InChI is InChI=1S/C46H27NS2/c1-7-19-34-28(13-1)29-14-2-8-20-35(29)45(34)38-25-26-48-43(38)46(36-21-9-3-15-30(36)31-16-4-10-22-37(31)46)39-27-42(49-44(39)45)47-40-23-11-5-17-32(40)33-18-6-12-24-41(33)47/h1-27H. The van der Waals surface area contributed by atoms with Crippen LogP contribution in [0.2, 0.25) is 0 Å². The number of benzene rings is 6. The number of rotatable bonds is 1. The molecule has 3 heterocycles. The third-order valence-corrected chi connectivity index (χ3v) is 13.9. The summed E-state index contributed by atoms with van der Waals surface area (Å²) in [7, 11) is 0. The van der Waals surface area contributed by atoms with Crippen LogP contribution in [0.15, 0.2) is 163 Å². The second kappa shape index (κ2) is 9.15. The lowest BCUT2D eigenvalue weighted by atomic mass is 9.58. The molecular formula is C46H27NS2. The molecule has 0 saturated heterocycles.